The number of hydrogen-bond acceptors (Lipinski definition) is 4. The minimum Gasteiger partial charge on any atom is -0.444 e. The second-order valence-corrected chi connectivity index (χ2v) is 6.78. The van der Waals surface area contributed by atoms with Crippen molar-refractivity contribution in [3.63, 3.8) is 0 Å². The quantitative estimate of drug-likeness (QED) is 0.779. The fraction of sp³-hybridized carbons (Fsp3) is 0.933. The summed E-state index contributed by atoms with van der Waals surface area (Å²) in [5, 5.41) is 0. The van der Waals surface area contributed by atoms with Crippen LogP contribution in [0.1, 0.15) is 40.0 Å². The van der Waals surface area contributed by atoms with Crippen LogP contribution in [-0.2, 0) is 9.47 Å². The maximum Gasteiger partial charge on any atom is 0.410 e. The van der Waals surface area contributed by atoms with Gasteiger partial charge in [0.15, 0.2) is 0 Å². The van der Waals surface area contributed by atoms with Gasteiger partial charge in [0, 0.05) is 13.1 Å². The van der Waals surface area contributed by atoms with E-state index in [1.165, 1.54) is 19.3 Å². The van der Waals surface area contributed by atoms with Crippen LogP contribution in [0.4, 0.5) is 4.79 Å². The summed E-state index contributed by atoms with van der Waals surface area (Å²) < 4.78 is 11.2. The fourth-order valence-electron chi connectivity index (χ4n) is 2.75. The molecule has 2 fully saturated rings. The molecule has 0 aromatic heterocycles. The van der Waals surface area contributed by atoms with Crippen molar-refractivity contribution in [1.29, 1.82) is 0 Å². The zero-order chi connectivity index (χ0) is 14.6. The predicted octanol–water partition coefficient (Wildman–Crippen LogP) is 2.11. The van der Waals surface area contributed by atoms with Gasteiger partial charge in [-0.05, 0) is 46.7 Å². The summed E-state index contributed by atoms with van der Waals surface area (Å²) in [6.07, 6.45) is 3.80. The normalized spacial score (nSPS) is 25.6. The Morgan fingerprint density at radius 2 is 1.90 bits per heavy atom. The van der Waals surface area contributed by atoms with Crippen molar-refractivity contribution in [3.05, 3.63) is 0 Å². The van der Waals surface area contributed by atoms with Crippen molar-refractivity contribution in [3.8, 4) is 0 Å². The summed E-state index contributed by atoms with van der Waals surface area (Å²) in [6.45, 7) is 10.8. The average molecular weight is 284 g/mol. The molecule has 0 N–H and O–H groups in total. The highest BCUT2D eigenvalue weighted by atomic mass is 16.6. The molecule has 20 heavy (non-hydrogen) atoms. The zero-order valence-corrected chi connectivity index (χ0v) is 13.1. The molecular formula is C15H28N2O3. The molecule has 1 atom stereocenters. The Hall–Kier alpha value is -0.810. The fourth-order valence-corrected chi connectivity index (χ4v) is 2.75. The van der Waals surface area contributed by atoms with E-state index in [0.29, 0.717) is 19.7 Å². The van der Waals surface area contributed by atoms with Crippen LogP contribution in [0.25, 0.3) is 0 Å². The lowest BCUT2D eigenvalue weighted by molar-refractivity contribution is -0.0536. The summed E-state index contributed by atoms with van der Waals surface area (Å²) in [6, 6.07) is 0. The van der Waals surface area contributed by atoms with Gasteiger partial charge in [-0.3, -0.25) is 0 Å². The summed E-state index contributed by atoms with van der Waals surface area (Å²) >= 11 is 0. The summed E-state index contributed by atoms with van der Waals surface area (Å²) in [4.78, 5) is 16.3. The van der Waals surface area contributed by atoms with Crippen LogP contribution in [0, 0.1) is 0 Å². The van der Waals surface area contributed by atoms with E-state index in [9.17, 15) is 4.79 Å². The molecule has 1 unspecified atom stereocenters. The van der Waals surface area contributed by atoms with Gasteiger partial charge in [-0.15, -0.1) is 0 Å². The van der Waals surface area contributed by atoms with E-state index in [2.05, 4.69) is 4.90 Å². The van der Waals surface area contributed by atoms with Crippen LogP contribution in [0.15, 0.2) is 0 Å². The van der Waals surface area contributed by atoms with Crippen LogP contribution in [0.2, 0.25) is 0 Å². The van der Waals surface area contributed by atoms with Gasteiger partial charge in [-0.2, -0.15) is 0 Å². The Morgan fingerprint density at radius 1 is 1.20 bits per heavy atom. The first-order valence-electron chi connectivity index (χ1n) is 7.76. The molecule has 2 rings (SSSR count). The highest BCUT2D eigenvalue weighted by Crippen LogP contribution is 2.15. The Labute approximate surface area is 122 Å². The van der Waals surface area contributed by atoms with Crippen molar-refractivity contribution in [2.24, 2.45) is 0 Å². The second-order valence-electron chi connectivity index (χ2n) is 6.78. The molecule has 0 aromatic carbocycles. The molecule has 2 heterocycles. The van der Waals surface area contributed by atoms with Crippen LogP contribution in [-0.4, -0.2) is 66.9 Å². The first kappa shape index (κ1) is 15.6. The van der Waals surface area contributed by atoms with Crippen LogP contribution in [0.5, 0.6) is 0 Å². The van der Waals surface area contributed by atoms with Crippen molar-refractivity contribution in [1.82, 2.24) is 9.80 Å². The Balaban J connectivity index is 1.80. The highest BCUT2D eigenvalue weighted by Gasteiger charge is 2.29. The standard InChI is InChI=1S/C15H28N2O3/c1-15(2,3)20-14(18)17-9-10-19-13(12-17)11-16-7-5-4-6-8-16/h13H,4-12H2,1-3H3. The minimum absolute atomic E-state index is 0.120. The van der Waals surface area contributed by atoms with Gasteiger partial charge >= 0.3 is 6.09 Å². The molecule has 2 saturated heterocycles. The van der Waals surface area contributed by atoms with E-state index in [1.807, 2.05) is 20.8 Å². The highest BCUT2D eigenvalue weighted by molar-refractivity contribution is 5.68. The van der Waals surface area contributed by atoms with E-state index in [1.54, 1.807) is 4.90 Å². The first-order valence-corrected chi connectivity index (χ1v) is 7.76. The second kappa shape index (κ2) is 6.76. The maximum atomic E-state index is 12.1. The van der Waals surface area contributed by atoms with Crippen LogP contribution >= 0.6 is 0 Å². The number of morpholine rings is 1. The first-order chi connectivity index (χ1) is 9.44. The molecule has 1 amide bonds. The lowest BCUT2D eigenvalue weighted by atomic mass is 10.1. The molecule has 5 nitrogen and oxygen atoms in total. The monoisotopic (exact) mass is 284 g/mol. The Morgan fingerprint density at radius 3 is 2.55 bits per heavy atom. The smallest absolute Gasteiger partial charge is 0.410 e. The molecule has 2 aliphatic heterocycles. The van der Waals surface area contributed by atoms with E-state index in [4.69, 9.17) is 9.47 Å². The van der Waals surface area contributed by atoms with E-state index in [-0.39, 0.29) is 12.2 Å². The molecule has 2 aliphatic rings. The number of carbonyl (C=O) groups excluding carboxylic acids is 1. The van der Waals surface area contributed by atoms with E-state index >= 15 is 0 Å². The molecule has 116 valence electrons. The molecule has 0 spiro atoms. The lowest BCUT2D eigenvalue weighted by Crippen LogP contribution is -2.51. The molecule has 0 bridgehead atoms. The van der Waals surface area contributed by atoms with Gasteiger partial charge in [-0.25, -0.2) is 4.79 Å². The number of amides is 1. The van der Waals surface area contributed by atoms with Crippen molar-refractivity contribution >= 4 is 6.09 Å². The van der Waals surface area contributed by atoms with Crippen molar-refractivity contribution in [2.75, 3.05) is 39.3 Å². The van der Waals surface area contributed by atoms with Gasteiger partial charge in [0.25, 0.3) is 0 Å². The molecule has 0 saturated carbocycles. The number of rotatable bonds is 2. The average Bonchev–Trinajstić information content (AvgIpc) is 2.38. The lowest BCUT2D eigenvalue weighted by Gasteiger charge is -2.37. The van der Waals surface area contributed by atoms with E-state index in [0.717, 1.165) is 19.6 Å². The van der Waals surface area contributed by atoms with Crippen LogP contribution in [0.3, 0.4) is 0 Å². The zero-order valence-electron chi connectivity index (χ0n) is 13.1. The summed E-state index contributed by atoms with van der Waals surface area (Å²) in [7, 11) is 0. The number of piperidine rings is 1. The van der Waals surface area contributed by atoms with Gasteiger partial charge < -0.3 is 19.3 Å². The number of hydrogen-bond donors (Lipinski definition) is 0. The summed E-state index contributed by atoms with van der Waals surface area (Å²) in [5.41, 5.74) is -0.433. The van der Waals surface area contributed by atoms with Gasteiger partial charge in [0.1, 0.15) is 5.60 Å². The third kappa shape index (κ3) is 4.94. The van der Waals surface area contributed by atoms with Crippen LogP contribution < -0.4 is 0 Å². The largest absolute Gasteiger partial charge is 0.444 e. The van der Waals surface area contributed by atoms with Gasteiger partial charge in [-0.1, -0.05) is 6.42 Å². The predicted molar refractivity (Wildman–Crippen MR) is 77.8 cm³/mol. The summed E-state index contributed by atoms with van der Waals surface area (Å²) in [5.74, 6) is 0. The molecule has 0 aromatic rings. The number of nitrogens with zero attached hydrogens (tertiary/aromatic N) is 2. The molecule has 0 aliphatic carbocycles. The number of ether oxygens (including phenoxy) is 2. The molecular weight excluding hydrogens is 256 g/mol. The topological polar surface area (TPSA) is 42.0 Å². The SMILES string of the molecule is CC(C)(C)OC(=O)N1CCOC(CN2CCCCC2)C1. The Kier molecular flexibility index (Phi) is 5.27. The third-order valence-electron chi connectivity index (χ3n) is 3.70. The maximum absolute atomic E-state index is 12.1. The van der Waals surface area contributed by atoms with Crippen molar-refractivity contribution in [2.45, 2.75) is 51.7 Å². The van der Waals surface area contributed by atoms with Gasteiger partial charge in [0.2, 0.25) is 0 Å². The number of likely N-dealkylation sites (tertiary alicyclic amines) is 1. The molecule has 5 heteroatoms. The minimum atomic E-state index is -0.433. The van der Waals surface area contributed by atoms with Gasteiger partial charge in [0.05, 0.1) is 19.3 Å². The van der Waals surface area contributed by atoms with E-state index < -0.39 is 5.60 Å². The Bertz CT molecular complexity index is 322. The van der Waals surface area contributed by atoms with Crippen molar-refractivity contribution < 1.29 is 14.3 Å². The number of carbonyl (C=O) groups is 1. The third-order valence-corrected chi connectivity index (χ3v) is 3.70. The molecule has 0 radical (unpaired) electrons.